The molecular formula is C19H22FNO5S. The zero-order valence-electron chi connectivity index (χ0n) is 15.4. The molecule has 2 aromatic carbocycles. The van der Waals surface area contributed by atoms with Gasteiger partial charge in [0, 0.05) is 0 Å². The summed E-state index contributed by atoms with van der Waals surface area (Å²) in [6.45, 7) is 4.86. The molecule has 2 aromatic rings. The van der Waals surface area contributed by atoms with Crippen LogP contribution in [0.4, 0.5) is 4.39 Å². The lowest BCUT2D eigenvalue weighted by molar-refractivity contribution is -0.153. The highest BCUT2D eigenvalue weighted by Crippen LogP contribution is 2.17. The Kier molecular flexibility index (Phi) is 6.56. The molecule has 1 N–H and O–H groups in total. The van der Waals surface area contributed by atoms with Crippen molar-refractivity contribution >= 4 is 16.0 Å². The number of nitrogens with one attached hydrogen (secondary N) is 1. The maximum atomic E-state index is 12.9. The fourth-order valence-electron chi connectivity index (χ4n) is 2.08. The van der Waals surface area contributed by atoms with Gasteiger partial charge in [0.05, 0.1) is 4.90 Å². The van der Waals surface area contributed by atoms with Crippen LogP contribution in [0.2, 0.25) is 0 Å². The van der Waals surface area contributed by atoms with Gasteiger partial charge in [-0.3, -0.25) is 4.79 Å². The lowest BCUT2D eigenvalue weighted by Crippen LogP contribution is -2.34. The standard InChI is InChI=1S/C19H22FNO5S/c1-19(2,3)26-18(22)12-21-27(23,24)17-10-8-16(9-11-17)25-13-14-4-6-15(20)7-5-14/h4-11,21H,12-13H2,1-3H3. The first-order chi connectivity index (χ1) is 12.5. The minimum Gasteiger partial charge on any atom is -0.489 e. The largest absolute Gasteiger partial charge is 0.489 e. The van der Waals surface area contributed by atoms with Crippen LogP contribution in [-0.2, 0) is 26.2 Å². The van der Waals surface area contributed by atoms with Gasteiger partial charge in [-0.15, -0.1) is 0 Å². The van der Waals surface area contributed by atoms with Crippen LogP contribution in [0, 0.1) is 5.82 Å². The molecule has 2 rings (SSSR count). The van der Waals surface area contributed by atoms with Crippen LogP contribution in [0.15, 0.2) is 53.4 Å². The average molecular weight is 395 g/mol. The first-order valence-corrected chi connectivity index (χ1v) is 9.72. The quantitative estimate of drug-likeness (QED) is 0.729. The molecule has 0 aliphatic rings. The van der Waals surface area contributed by atoms with E-state index in [1.165, 1.54) is 36.4 Å². The molecule has 0 fully saturated rings. The predicted octanol–water partition coefficient (Wildman–Crippen LogP) is 3.02. The number of esters is 1. The number of rotatable bonds is 7. The minimum absolute atomic E-state index is 0.000177. The van der Waals surface area contributed by atoms with E-state index >= 15 is 0 Å². The third-order valence-corrected chi connectivity index (χ3v) is 4.70. The molecule has 0 saturated heterocycles. The van der Waals surface area contributed by atoms with Gasteiger partial charge in [0.15, 0.2) is 0 Å². The molecule has 0 aromatic heterocycles. The molecule has 0 aliphatic heterocycles. The third kappa shape index (κ3) is 6.99. The van der Waals surface area contributed by atoms with E-state index < -0.39 is 28.1 Å². The van der Waals surface area contributed by atoms with E-state index in [9.17, 15) is 17.6 Å². The van der Waals surface area contributed by atoms with Crippen LogP contribution >= 0.6 is 0 Å². The molecule has 0 aliphatic carbocycles. The summed E-state index contributed by atoms with van der Waals surface area (Å²) in [7, 11) is -3.85. The van der Waals surface area contributed by atoms with Gasteiger partial charge < -0.3 is 9.47 Å². The van der Waals surface area contributed by atoms with Gasteiger partial charge in [-0.25, -0.2) is 12.8 Å². The van der Waals surface area contributed by atoms with Gasteiger partial charge >= 0.3 is 5.97 Å². The molecule has 27 heavy (non-hydrogen) atoms. The van der Waals surface area contributed by atoms with Gasteiger partial charge in [0.25, 0.3) is 0 Å². The van der Waals surface area contributed by atoms with Gasteiger partial charge in [0.1, 0.15) is 30.3 Å². The molecule has 0 radical (unpaired) electrons. The van der Waals surface area contributed by atoms with Crippen LogP contribution in [0.1, 0.15) is 26.3 Å². The van der Waals surface area contributed by atoms with Crippen molar-refractivity contribution in [2.75, 3.05) is 6.54 Å². The van der Waals surface area contributed by atoms with Crippen molar-refractivity contribution in [3.8, 4) is 5.75 Å². The summed E-state index contributed by atoms with van der Waals surface area (Å²) in [5, 5.41) is 0. The number of hydrogen-bond acceptors (Lipinski definition) is 5. The highest BCUT2D eigenvalue weighted by atomic mass is 32.2. The SMILES string of the molecule is CC(C)(C)OC(=O)CNS(=O)(=O)c1ccc(OCc2ccc(F)cc2)cc1. The average Bonchev–Trinajstić information content (AvgIpc) is 2.59. The van der Waals surface area contributed by atoms with Crippen molar-refractivity contribution in [2.45, 2.75) is 37.9 Å². The zero-order chi connectivity index (χ0) is 20.1. The van der Waals surface area contributed by atoms with Gasteiger partial charge in [-0.05, 0) is 62.7 Å². The summed E-state index contributed by atoms with van der Waals surface area (Å²) >= 11 is 0. The Morgan fingerprint density at radius 2 is 1.63 bits per heavy atom. The van der Waals surface area contributed by atoms with Crippen LogP contribution in [0.5, 0.6) is 5.75 Å². The molecule has 0 saturated carbocycles. The molecule has 0 spiro atoms. The van der Waals surface area contributed by atoms with E-state index in [-0.39, 0.29) is 17.3 Å². The molecule has 0 unspecified atom stereocenters. The Morgan fingerprint density at radius 1 is 1.04 bits per heavy atom. The van der Waals surface area contributed by atoms with Crippen molar-refractivity contribution in [2.24, 2.45) is 0 Å². The first-order valence-electron chi connectivity index (χ1n) is 8.24. The topological polar surface area (TPSA) is 81.7 Å². The summed E-state index contributed by atoms with van der Waals surface area (Å²) in [6, 6.07) is 11.6. The Morgan fingerprint density at radius 3 is 2.19 bits per heavy atom. The smallest absolute Gasteiger partial charge is 0.321 e. The molecule has 6 nitrogen and oxygen atoms in total. The number of sulfonamides is 1. The Bertz CT molecular complexity index is 872. The van der Waals surface area contributed by atoms with E-state index in [4.69, 9.17) is 9.47 Å². The van der Waals surface area contributed by atoms with Gasteiger partial charge in [-0.1, -0.05) is 12.1 Å². The minimum atomic E-state index is -3.85. The second-order valence-corrected chi connectivity index (χ2v) is 8.56. The van der Waals surface area contributed by atoms with Crippen LogP contribution in [0.25, 0.3) is 0 Å². The Labute approximate surface area is 158 Å². The van der Waals surface area contributed by atoms with Gasteiger partial charge in [0.2, 0.25) is 10.0 Å². The van der Waals surface area contributed by atoms with Crippen LogP contribution < -0.4 is 9.46 Å². The molecule has 0 atom stereocenters. The maximum Gasteiger partial charge on any atom is 0.321 e. The fraction of sp³-hybridized carbons (Fsp3) is 0.316. The van der Waals surface area contributed by atoms with E-state index in [1.807, 2.05) is 0 Å². The lowest BCUT2D eigenvalue weighted by atomic mass is 10.2. The number of carbonyl (C=O) groups is 1. The van der Waals surface area contributed by atoms with Crippen molar-refractivity contribution in [3.63, 3.8) is 0 Å². The monoisotopic (exact) mass is 395 g/mol. The molecule has 0 bridgehead atoms. The van der Waals surface area contributed by atoms with Crippen LogP contribution in [-0.4, -0.2) is 26.5 Å². The van der Waals surface area contributed by atoms with Gasteiger partial charge in [-0.2, -0.15) is 4.72 Å². The fourth-order valence-corrected chi connectivity index (χ4v) is 3.05. The van der Waals surface area contributed by atoms with E-state index in [0.29, 0.717) is 5.75 Å². The second-order valence-electron chi connectivity index (χ2n) is 6.80. The third-order valence-electron chi connectivity index (χ3n) is 3.28. The number of benzene rings is 2. The Balaban J connectivity index is 1.92. The first kappa shape index (κ1) is 20.9. The molecule has 8 heteroatoms. The summed E-state index contributed by atoms with van der Waals surface area (Å²) < 4.78 is 50.1. The van der Waals surface area contributed by atoms with Crippen molar-refractivity contribution in [1.29, 1.82) is 0 Å². The summed E-state index contributed by atoms with van der Waals surface area (Å²) in [5.41, 5.74) is 0.0959. The summed E-state index contributed by atoms with van der Waals surface area (Å²) in [6.07, 6.45) is 0. The molecular weight excluding hydrogens is 373 g/mol. The molecule has 146 valence electrons. The zero-order valence-corrected chi connectivity index (χ0v) is 16.2. The lowest BCUT2D eigenvalue weighted by Gasteiger charge is -2.19. The predicted molar refractivity (Wildman–Crippen MR) is 98.2 cm³/mol. The van der Waals surface area contributed by atoms with Crippen molar-refractivity contribution < 1.29 is 27.1 Å². The molecule has 0 heterocycles. The number of ether oxygens (including phenoxy) is 2. The summed E-state index contributed by atoms with van der Waals surface area (Å²) in [5.74, 6) is -0.525. The number of hydrogen-bond donors (Lipinski definition) is 1. The van der Waals surface area contributed by atoms with Crippen LogP contribution in [0.3, 0.4) is 0 Å². The highest BCUT2D eigenvalue weighted by molar-refractivity contribution is 7.89. The Hall–Kier alpha value is -2.45. The maximum absolute atomic E-state index is 12.9. The number of halogens is 1. The second kappa shape index (κ2) is 8.49. The normalized spacial score (nSPS) is 11.9. The van der Waals surface area contributed by atoms with Crippen molar-refractivity contribution in [1.82, 2.24) is 4.72 Å². The summed E-state index contributed by atoms with van der Waals surface area (Å²) in [4.78, 5) is 11.6. The molecule has 0 amide bonds. The van der Waals surface area contributed by atoms with Crippen molar-refractivity contribution in [3.05, 3.63) is 59.9 Å². The van der Waals surface area contributed by atoms with E-state index in [2.05, 4.69) is 4.72 Å². The van der Waals surface area contributed by atoms with E-state index in [0.717, 1.165) is 5.56 Å². The highest BCUT2D eigenvalue weighted by Gasteiger charge is 2.20. The van der Waals surface area contributed by atoms with E-state index in [1.54, 1.807) is 32.9 Å². The number of carbonyl (C=O) groups excluding carboxylic acids is 1.